The Bertz CT molecular complexity index is 997. The van der Waals surface area contributed by atoms with Crippen LogP contribution in [0, 0.1) is 5.92 Å². The molecule has 0 atom stereocenters. The lowest BCUT2D eigenvalue weighted by Crippen LogP contribution is -1.94. The Kier molecular flexibility index (Phi) is 3.08. The van der Waals surface area contributed by atoms with Crippen LogP contribution in [0.5, 0.6) is 5.88 Å². The Hall–Kier alpha value is -2.82. The van der Waals surface area contributed by atoms with Gasteiger partial charge >= 0.3 is 0 Å². The number of aromatic nitrogens is 4. The summed E-state index contributed by atoms with van der Waals surface area (Å²) >= 11 is 0. The number of rotatable bonds is 3. The molecule has 0 unspecified atom stereocenters. The summed E-state index contributed by atoms with van der Waals surface area (Å²) in [4.78, 5) is 12.3. The Morgan fingerprint density at radius 2 is 2.09 bits per heavy atom. The van der Waals surface area contributed by atoms with Crippen LogP contribution in [0.3, 0.4) is 0 Å². The molecule has 116 valence electrons. The maximum Gasteiger partial charge on any atom is 0.219 e. The maximum atomic E-state index is 10.4. The molecule has 0 spiro atoms. The third-order valence-electron chi connectivity index (χ3n) is 4.02. The zero-order valence-electron chi connectivity index (χ0n) is 13.1. The van der Waals surface area contributed by atoms with Gasteiger partial charge in [-0.15, -0.1) is 0 Å². The monoisotopic (exact) mass is 306 g/mol. The lowest BCUT2D eigenvalue weighted by molar-refractivity contribution is 0.436. The van der Waals surface area contributed by atoms with E-state index in [1.54, 1.807) is 10.6 Å². The van der Waals surface area contributed by atoms with Crippen LogP contribution in [0.25, 0.3) is 27.8 Å². The van der Waals surface area contributed by atoms with Gasteiger partial charge in [0.05, 0.1) is 11.9 Å². The number of hydrogen-bond donors (Lipinski definition) is 2. The largest absolute Gasteiger partial charge is 0.493 e. The first-order chi connectivity index (χ1) is 11.1. The fourth-order valence-electron chi connectivity index (χ4n) is 2.94. The topological polar surface area (TPSA) is 66.2 Å². The highest BCUT2D eigenvalue weighted by atomic mass is 16.3. The van der Waals surface area contributed by atoms with Gasteiger partial charge in [0.1, 0.15) is 5.69 Å². The van der Waals surface area contributed by atoms with Gasteiger partial charge in [-0.1, -0.05) is 32.0 Å². The van der Waals surface area contributed by atoms with Crippen molar-refractivity contribution in [3.05, 3.63) is 48.5 Å². The minimum absolute atomic E-state index is 0.206. The smallest absolute Gasteiger partial charge is 0.219 e. The Labute approximate surface area is 133 Å². The molecule has 23 heavy (non-hydrogen) atoms. The highest BCUT2D eigenvalue weighted by molar-refractivity contribution is 5.94. The zero-order chi connectivity index (χ0) is 16.0. The van der Waals surface area contributed by atoms with Gasteiger partial charge in [-0.05, 0) is 18.4 Å². The van der Waals surface area contributed by atoms with Crippen LogP contribution in [0.1, 0.15) is 19.5 Å². The number of benzene rings is 1. The summed E-state index contributed by atoms with van der Waals surface area (Å²) in [6.07, 6.45) is 6.25. The van der Waals surface area contributed by atoms with Crippen molar-refractivity contribution in [2.75, 3.05) is 0 Å². The molecule has 0 saturated heterocycles. The average molecular weight is 306 g/mol. The quantitative estimate of drug-likeness (QED) is 0.605. The second-order valence-electron chi connectivity index (χ2n) is 6.23. The number of aromatic amines is 1. The summed E-state index contributed by atoms with van der Waals surface area (Å²) in [6.45, 7) is 4.22. The molecule has 0 aliphatic carbocycles. The van der Waals surface area contributed by atoms with Gasteiger partial charge < -0.3 is 10.1 Å². The number of nitrogens with one attached hydrogen (secondary N) is 1. The third kappa shape index (κ3) is 2.25. The van der Waals surface area contributed by atoms with Crippen LogP contribution in [-0.4, -0.2) is 24.5 Å². The van der Waals surface area contributed by atoms with Crippen molar-refractivity contribution < 1.29 is 5.11 Å². The van der Waals surface area contributed by atoms with Crippen molar-refractivity contribution in [1.29, 1.82) is 0 Å². The van der Waals surface area contributed by atoms with E-state index in [2.05, 4.69) is 34.9 Å². The molecule has 0 fully saturated rings. The van der Waals surface area contributed by atoms with E-state index in [9.17, 15) is 5.11 Å². The van der Waals surface area contributed by atoms with E-state index in [0.29, 0.717) is 11.6 Å². The summed E-state index contributed by atoms with van der Waals surface area (Å²) < 4.78 is 1.71. The van der Waals surface area contributed by atoms with Crippen molar-refractivity contribution in [1.82, 2.24) is 19.4 Å². The van der Waals surface area contributed by atoms with Crippen LogP contribution < -0.4 is 0 Å². The van der Waals surface area contributed by atoms with Gasteiger partial charge in [-0.2, -0.15) is 0 Å². The molecule has 4 aromatic rings. The van der Waals surface area contributed by atoms with E-state index in [1.165, 1.54) is 0 Å². The molecule has 1 aromatic carbocycles. The Morgan fingerprint density at radius 3 is 2.91 bits per heavy atom. The molecule has 0 saturated carbocycles. The van der Waals surface area contributed by atoms with E-state index in [-0.39, 0.29) is 5.88 Å². The van der Waals surface area contributed by atoms with E-state index in [4.69, 9.17) is 0 Å². The molecule has 5 nitrogen and oxygen atoms in total. The van der Waals surface area contributed by atoms with Crippen LogP contribution >= 0.6 is 0 Å². The van der Waals surface area contributed by atoms with Crippen LogP contribution in [0.4, 0.5) is 0 Å². The fraction of sp³-hybridized carbons (Fsp3) is 0.222. The lowest BCUT2D eigenvalue weighted by Gasteiger charge is -2.02. The van der Waals surface area contributed by atoms with E-state index in [1.807, 2.05) is 30.6 Å². The van der Waals surface area contributed by atoms with Crippen molar-refractivity contribution in [2.24, 2.45) is 5.92 Å². The van der Waals surface area contributed by atoms with Crippen molar-refractivity contribution >= 4 is 16.6 Å². The number of para-hydroxylation sites is 1. The summed E-state index contributed by atoms with van der Waals surface area (Å²) in [5, 5.41) is 11.6. The molecule has 0 amide bonds. The number of hydrogen-bond acceptors (Lipinski definition) is 3. The highest BCUT2D eigenvalue weighted by Crippen LogP contribution is 2.29. The normalized spacial score (nSPS) is 11.8. The van der Waals surface area contributed by atoms with Gasteiger partial charge in [0, 0.05) is 28.9 Å². The number of imidazole rings is 1. The number of nitrogens with zero attached hydrogens (tertiary/aromatic N) is 3. The second kappa shape index (κ2) is 5.12. The Morgan fingerprint density at radius 1 is 1.26 bits per heavy atom. The zero-order valence-corrected chi connectivity index (χ0v) is 13.1. The van der Waals surface area contributed by atoms with Crippen LogP contribution in [0.15, 0.2) is 42.9 Å². The molecule has 0 bridgehead atoms. The van der Waals surface area contributed by atoms with Crippen molar-refractivity contribution in [2.45, 2.75) is 20.3 Å². The molecule has 0 aliphatic heterocycles. The van der Waals surface area contributed by atoms with E-state index >= 15 is 0 Å². The predicted molar refractivity (Wildman–Crippen MR) is 90.5 cm³/mol. The molecule has 4 rings (SSSR count). The summed E-state index contributed by atoms with van der Waals surface area (Å²) in [7, 11) is 0. The number of H-pyrrole nitrogens is 1. The average Bonchev–Trinajstić information content (AvgIpc) is 3.09. The van der Waals surface area contributed by atoms with Gasteiger partial charge in [0.25, 0.3) is 0 Å². The molecule has 2 N–H and O–H groups in total. The first-order valence-corrected chi connectivity index (χ1v) is 7.76. The second-order valence-corrected chi connectivity index (χ2v) is 6.23. The van der Waals surface area contributed by atoms with Crippen LogP contribution in [0.2, 0.25) is 0 Å². The molecule has 5 heteroatoms. The number of fused-ring (bicyclic) bond motifs is 2. The van der Waals surface area contributed by atoms with Gasteiger partial charge in [0.2, 0.25) is 5.88 Å². The van der Waals surface area contributed by atoms with Gasteiger partial charge in [0.15, 0.2) is 5.65 Å². The van der Waals surface area contributed by atoms with E-state index in [0.717, 1.165) is 34.3 Å². The van der Waals surface area contributed by atoms with Crippen LogP contribution in [-0.2, 0) is 6.42 Å². The predicted octanol–water partition coefficient (Wildman–Crippen LogP) is 3.78. The third-order valence-corrected chi connectivity index (χ3v) is 4.02. The van der Waals surface area contributed by atoms with Gasteiger partial charge in [-0.3, -0.25) is 9.38 Å². The van der Waals surface area contributed by atoms with Gasteiger partial charge in [-0.25, -0.2) is 4.98 Å². The summed E-state index contributed by atoms with van der Waals surface area (Å²) in [5.74, 6) is 0.643. The first kappa shape index (κ1) is 13.8. The molecular formula is C18H18N4O. The fourth-order valence-corrected chi connectivity index (χ4v) is 2.94. The molecular weight excluding hydrogens is 288 g/mol. The first-order valence-electron chi connectivity index (χ1n) is 7.76. The standard InChI is InChI=1S/C18H18N4O/c1-11(2)7-15-18(23)22-10-16(20-9-17(22)21-15)13-8-19-14-6-4-3-5-12(13)14/h3-6,8-11,19,23H,7H2,1-2H3. The Balaban J connectivity index is 1.87. The molecule has 0 aliphatic rings. The maximum absolute atomic E-state index is 10.4. The van der Waals surface area contributed by atoms with E-state index < -0.39 is 0 Å². The molecule has 0 radical (unpaired) electrons. The molecule has 3 aromatic heterocycles. The summed E-state index contributed by atoms with van der Waals surface area (Å²) in [5.41, 5.74) is 4.28. The molecule has 3 heterocycles. The lowest BCUT2D eigenvalue weighted by atomic mass is 10.1. The highest BCUT2D eigenvalue weighted by Gasteiger charge is 2.15. The minimum Gasteiger partial charge on any atom is -0.493 e. The summed E-state index contributed by atoms with van der Waals surface area (Å²) in [6, 6.07) is 8.10. The van der Waals surface area contributed by atoms with Crippen molar-refractivity contribution in [3.63, 3.8) is 0 Å². The van der Waals surface area contributed by atoms with Crippen molar-refractivity contribution in [3.8, 4) is 17.1 Å². The SMILES string of the molecule is CC(C)Cc1nc2cnc(-c3c[nH]c4ccccc34)cn2c1O. The number of aromatic hydroxyl groups is 1. The minimum atomic E-state index is 0.206.